The van der Waals surface area contributed by atoms with Gasteiger partial charge in [-0.25, -0.2) is 8.78 Å². The fourth-order valence-electron chi connectivity index (χ4n) is 1.75. The van der Waals surface area contributed by atoms with Crippen molar-refractivity contribution < 1.29 is 23.5 Å². The standard InChI is InChI=1S/C14H18F2N2O3/c1-8(2)5-12(14(20)21)17-7-13(19)18-11-6-9(15)3-4-10(11)16/h3-4,6,8,12,17H,5,7H2,1-2H3,(H,18,19)(H,20,21). The summed E-state index contributed by atoms with van der Waals surface area (Å²) in [5.74, 6) is -3.00. The second kappa shape index (κ2) is 7.68. The lowest BCUT2D eigenvalue weighted by atomic mass is 10.0. The first-order chi connectivity index (χ1) is 9.79. The van der Waals surface area contributed by atoms with Crippen LogP contribution in [0, 0.1) is 17.6 Å². The highest BCUT2D eigenvalue weighted by molar-refractivity contribution is 5.92. The number of anilines is 1. The quantitative estimate of drug-likeness (QED) is 0.719. The van der Waals surface area contributed by atoms with Crippen LogP contribution in [0.5, 0.6) is 0 Å². The van der Waals surface area contributed by atoms with Gasteiger partial charge in [-0.15, -0.1) is 0 Å². The van der Waals surface area contributed by atoms with Crippen molar-refractivity contribution in [2.45, 2.75) is 26.3 Å². The number of hydrogen-bond donors (Lipinski definition) is 3. The molecule has 7 heteroatoms. The molecule has 1 aromatic rings. The Labute approximate surface area is 121 Å². The van der Waals surface area contributed by atoms with E-state index < -0.39 is 29.6 Å². The van der Waals surface area contributed by atoms with Crippen LogP contribution < -0.4 is 10.6 Å². The van der Waals surface area contributed by atoms with Crippen LogP contribution in [-0.4, -0.2) is 29.6 Å². The Kier molecular flexibility index (Phi) is 6.23. The molecule has 0 aliphatic heterocycles. The molecule has 1 amide bonds. The minimum absolute atomic E-state index is 0.141. The molecule has 0 spiro atoms. The highest BCUT2D eigenvalue weighted by Crippen LogP contribution is 2.14. The molecule has 0 radical (unpaired) electrons. The van der Waals surface area contributed by atoms with Crippen LogP contribution in [0.3, 0.4) is 0 Å². The van der Waals surface area contributed by atoms with Gasteiger partial charge >= 0.3 is 5.97 Å². The van der Waals surface area contributed by atoms with E-state index in [2.05, 4.69) is 10.6 Å². The SMILES string of the molecule is CC(C)CC(NCC(=O)Nc1cc(F)ccc1F)C(=O)O. The van der Waals surface area contributed by atoms with Gasteiger partial charge in [0.05, 0.1) is 12.2 Å². The summed E-state index contributed by atoms with van der Waals surface area (Å²) in [6, 6.07) is 1.83. The summed E-state index contributed by atoms with van der Waals surface area (Å²) < 4.78 is 26.3. The van der Waals surface area contributed by atoms with Crippen molar-refractivity contribution in [1.82, 2.24) is 5.32 Å². The summed E-state index contributed by atoms with van der Waals surface area (Å²) in [6.07, 6.45) is 0.358. The Morgan fingerprint density at radius 2 is 1.95 bits per heavy atom. The van der Waals surface area contributed by atoms with E-state index in [-0.39, 0.29) is 18.2 Å². The molecule has 5 nitrogen and oxygen atoms in total. The van der Waals surface area contributed by atoms with Crippen LogP contribution in [0.25, 0.3) is 0 Å². The van der Waals surface area contributed by atoms with Gasteiger partial charge < -0.3 is 10.4 Å². The molecular weight excluding hydrogens is 282 g/mol. The Morgan fingerprint density at radius 3 is 2.52 bits per heavy atom. The molecule has 1 aromatic carbocycles. The fourth-order valence-corrected chi connectivity index (χ4v) is 1.75. The molecule has 0 saturated carbocycles. The Balaban J connectivity index is 2.57. The average Bonchev–Trinajstić information content (AvgIpc) is 2.38. The molecule has 1 atom stereocenters. The van der Waals surface area contributed by atoms with E-state index in [0.717, 1.165) is 18.2 Å². The molecule has 0 bridgehead atoms. The largest absolute Gasteiger partial charge is 0.480 e. The minimum Gasteiger partial charge on any atom is -0.480 e. The van der Waals surface area contributed by atoms with Crippen molar-refractivity contribution in [3.63, 3.8) is 0 Å². The summed E-state index contributed by atoms with van der Waals surface area (Å²) in [5, 5.41) is 13.8. The van der Waals surface area contributed by atoms with E-state index >= 15 is 0 Å². The van der Waals surface area contributed by atoms with Gasteiger partial charge in [0, 0.05) is 6.07 Å². The average molecular weight is 300 g/mol. The van der Waals surface area contributed by atoms with Crippen LogP contribution in [0.1, 0.15) is 20.3 Å². The number of rotatable bonds is 7. The third kappa shape index (κ3) is 5.86. The number of carbonyl (C=O) groups excluding carboxylic acids is 1. The van der Waals surface area contributed by atoms with Gasteiger partial charge in [-0.05, 0) is 24.5 Å². The number of carboxylic acid groups (broad SMARTS) is 1. The Hall–Kier alpha value is -2.02. The summed E-state index contributed by atoms with van der Waals surface area (Å²) in [4.78, 5) is 22.6. The number of benzene rings is 1. The van der Waals surface area contributed by atoms with E-state index in [1.807, 2.05) is 13.8 Å². The summed E-state index contributed by atoms with van der Waals surface area (Å²) >= 11 is 0. The lowest BCUT2D eigenvalue weighted by molar-refractivity contribution is -0.139. The maximum atomic E-state index is 13.3. The van der Waals surface area contributed by atoms with Crippen LogP contribution in [0.4, 0.5) is 14.5 Å². The van der Waals surface area contributed by atoms with Crippen molar-refractivity contribution >= 4 is 17.6 Å². The zero-order valence-electron chi connectivity index (χ0n) is 11.8. The highest BCUT2D eigenvalue weighted by Gasteiger charge is 2.19. The molecule has 21 heavy (non-hydrogen) atoms. The first kappa shape index (κ1) is 17.0. The monoisotopic (exact) mass is 300 g/mol. The molecule has 116 valence electrons. The van der Waals surface area contributed by atoms with Crippen LogP contribution in [0.15, 0.2) is 18.2 Å². The molecule has 0 fully saturated rings. The molecule has 1 unspecified atom stereocenters. The number of amides is 1. The lowest BCUT2D eigenvalue weighted by Crippen LogP contribution is -2.42. The van der Waals surface area contributed by atoms with Crippen LogP contribution >= 0.6 is 0 Å². The molecular formula is C14H18F2N2O3. The van der Waals surface area contributed by atoms with Gasteiger partial charge in [0.15, 0.2) is 0 Å². The summed E-state index contributed by atoms with van der Waals surface area (Å²) in [6.45, 7) is 3.42. The van der Waals surface area contributed by atoms with Crippen molar-refractivity contribution in [1.29, 1.82) is 0 Å². The first-order valence-electron chi connectivity index (χ1n) is 6.50. The lowest BCUT2D eigenvalue weighted by Gasteiger charge is -2.16. The first-order valence-corrected chi connectivity index (χ1v) is 6.50. The predicted molar refractivity (Wildman–Crippen MR) is 73.9 cm³/mol. The molecule has 0 heterocycles. The maximum Gasteiger partial charge on any atom is 0.320 e. The van der Waals surface area contributed by atoms with Gasteiger partial charge in [0.25, 0.3) is 0 Å². The van der Waals surface area contributed by atoms with Crippen LogP contribution in [0.2, 0.25) is 0 Å². The second-order valence-electron chi connectivity index (χ2n) is 5.07. The topological polar surface area (TPSA) is 78.4 Å². The number of halogens is 2. The predicted octanol–water partition coefficient (Wildman–Crippen LogP) is 1.99. The normalized spacial score (nSPS) is 12.2. The zero-order valence-corrected chi connectivity index (χ0v) is 11.8. The number of hydrogen-bond acceptors (Lipinski definition) is 3. The second-order valence-corrected chi connectivity index (χ2v) is 5.07. The third-order valence-corrected chi connectivity index (χ3v) is 2.72. The van der Waals surface area contributed by atoms with Crippen molar-refractivity contribution in [3.8, 4) is 0 Å². The Morgan fingerprint density at radius 1 is 1.29 bits per heavy atom. The van der Waals surface area contributed by atoms with Crippen molar-refractivity contribution in [2.24, 2.45) is 5.92 Å². The van der Waals surface area contributed by atoms with Gasteiger partial charge in [-0.3, -0.25) is 14.9 Å². The Bertz CT molecular complexity index is 521. The van der Waals surface area contributed by atoms with Crippen molar-refractivity contribution in [3.05, 3.63) is 29.8 Å². The van der Waals surface area contributed by atoms with E-state index in [1.54, 1.807) is 0 Å². The highest BCUT2D eigenvalue weighted by atomic mass is 19.1. The number of carboxylic acids is 1. The third-order valence-electron chi connectivity index (χ3n) is 2.72. The minimum atomic E-state index is -1.06. The summed E-state index contributed by atoms with van der Waals surface area (Å²) in [5.41, 5.74) is -0.280. The van der Waals surface area contributed by atoms with Gasteiger partial charge in [-0.1, -0.05) is 13.8 Å². The molecule has 1 rings (SSSR count). The number of nitrogens with one attached hydrogen (secondary N) is 2. The molecule has 0 aromatic heterocycles. The van der Waals surface area contributed by atoms with E-state index in [9.17, 15) is 18.4 Å². The van der Waals surface area contributed by atoms with E-state index in [1.165, 1.54) is 0 Å². The van der Waals surface area contributed by atoms with Crippen LogP contribution in [-0.2, 0) is 9.59 Å². The number of carbonyl (C=O) groups is 2. The van der Waals surface area contributed by atoms with E-state index in [4.69, 9.17) is 5.11 Å². The smallest absolute Gasteiger partial charge is 0.320 e. The number of aliphatic carboxylic acids is 1. The summed E-state index contributed by atoms with van der Waals surface area (Å²) in [7, 11) is 0. The fraction of sp³-hybridized carbons (Fsp3) is 0.429. The molecule has 3 N–H and O–H groups in total. The van der Waals surface area contributed by atoms with Gasteiger partial charge in [-0.2, -0.15) is 0 Å². The van der Waals surface area contributed by atoms with Gasteiger partial charge in [0.1, 0.15) is 17.7 Å². The van der Waals surface area contributed by atoms with Crippen molar-refractivity contribution in [2.75, 3.05) is 11.9 Å². The van der Waals surface area contributed by atoms with Gasteiger partial charge in [0.2, 0.25) is 5.91 Å². The molecule has 0 aliphatic carbocycles. The molecule has 0 aliphatic rings. The van der Waals surface area contributed by atoms with E-state index in [0.29, 0.717) is 6.42 Å². The zero-order chi connectivity index (χ0) is 16.0. The maximum absolute atomic E-state index is 13.3. The molecule has 0 saturated heterocycles.